The second kappa shape index (κ2) is 5.57. The van der Waals surface area contributed by atoms with Gasteiger partial charge in [0.2, 0.25) is 5.91 Å². The summed E-state index contributed by atoms with van der Waals surface area (Å²) in [6.45, 7) is 6.26. The zero-order chi connectivity index (χ0) is 13.3. The Morgan fingerprint density at radius 1 is 1.28 bits per heavy atom. The van der Waals surface area contributed by atoms with E-state index in [2.05, 4.69) is 12.2 Å². The van der Waals surface area contributed by atoms with E-state index in [0.717, 1.165) is 19.3 Å². The Hall–Kier alpha value is -0.610. The van der Waals surface area contributed by atoms with Gasteiger partial charge in [-0.1, -0.05) is 13.3 Å². The van der Waals surface area contributed by atoms with Crippen molar-refractivity contribution < 1.29 is 14.6 Å². The lowest BCUT2D eigenvalue weighted by Gasteiger charge is -2.24. The number of aliphatic hydroxyl groups excluding tert-OH is 1. The van der Waals surface area contributed by atoms with Gasteiger partial charge in [-0.15, -0.1) is 0 Å². The van der Waals surface area contributed by atoms with Crippen molar-refractivity contribution in [2.75, 3.05) is 6.61 Å². The summed E-state index contributed by atoms with van der Waals surface area (Å²) in [5, 5.41) is 12.4. The molecule has 1 saturated heterocycles. The highest BCUT2D eigenvalue weighted by Crippen LogP contribution is 2.33. The molecule has 2 rings (SSSR count). The Morgan fingerprint density at radius 2 is 2.00 bits per heavy atom. The Morgan fingerprint density at radius 3 is 2.56 bits per heavy atom. The lowest BCUT2D eigenvalue weighted by molar-refractivity contribution is -0.128. The minimum atomic E-state index is -0.0556. The Labute approximate surface area is 109 Å². The maximum Gasteiger partial charge on any atom is 0.226 e. The van der Waals surface area contributed by atoms with Gasteiger partial charge in [-0.05, 0) is 32.6 Å². The second-order valence-corrected chi connectivity index (χ2v) is 5.92. The number of carbonyl (C=O) groups excluding carboxylic acids is 1. The summed E-state index contributed by atoms with van der Waals surface area (Å²) in [6, 6.07) is 0.151. The van der Waals surface area contributed by atoms with Gasteiger partial charge in [0.05, 0.1) is 18.1 Å². The zero-order valence-electron chi connectivity index (χ0n) is 11.6. The fraction of sp³-hybridized carbons (Fsp3) is 0.929. The smallest absolute Gasteiger partial charge is 0.226 e. The normalized spacial score (nSPS) is 44.2. The molecule has 6 unspecified atom stereocenters. The van der Waals surface area contributed by atoms with Gasteiger partial charge in [0.1, 0.15) is 0 Å². The molecule has 1 aliphatic heterocycles. The molecule has 4 heteroatoms. The predicted octanol–water partition coefficient (Wildman–Crippen LogP) is 1.32. The molecule has 0 aromatic rings. The van der Waals surface area contributed by atoms with Crippen molar-refractivity contribution in [3.05, 3.63) is 0 Å². The maximum absolute atomic E-state index is 12.4. The van der Waals surface area contributed by atoms with E-state index in [1.165, 1.54) is 0 Å². The summed E-state index contributed by atoms with van der Waals surface area (Å²) in [4.78, 5) is 12.4. The van der Waals surface area contributed by atoms with Crippen molar-refractivity contribution in [2.45, 2.75) is 58.3 Å². The summed E-state index contributed by atoms with van der Waals surface area (Å²) < 4.78 is 5.71. The topological polar surface area (TPSA) is 58.6 Å². The van der Waals surface area contributed by atoms with Gasteiger partial charge in [-0.3, -0.25) is 4.79 Å². The molecule has 0 radical (unpaired) electrons. The van der Waals surface area contributed by atoms with Crippen LogP contribution in [0.1, 0.15) is 40.0 Å². The average molecular weight is 255 g/mol. The van der Waals surface area contributed by atoms with E-state index < -0.39 is 0 Å². The van der Waals surface area contributed by atoms with Gasteiger partial charge in [0.15, 0.2) is 0 Å². The van der Waals surface area contributed by atoms with E-state index in [1.54, 1.807) is 0 Å². The number of rotatable bonds is 3. The molecule has 4 nitrogen and oxygen atoms in total. The molecule has 104 valence electrons. The van der Waals surface area contributed by atoms with E-state index in [1.807, 2.05) is 13.8 Å². The molecule has 2 N–H and O–H groups in total. The van der Waals surface area contributed by atoms with Gasteiger partial charge in [-0.2, -0.15) is 0 Å². The molecule has 1 amide bonds. The van der Waals surface area contributed by atoms with Gasteiger partial charge >= 0.3 is 0 Å². The summed E-state index contributed by atoms with van der Waals surface area (Å²) in [5.41, 5.74) is 0. The highest BCUT2D eigenvalue weighted by atomic mass is 16.5. The third-order valence-electron chi connectivity index (χ3n) is 4.77. The molecular formula is C14H25NO3. The summed E-state index contributed by atoms with van der Waals surface area (Å²) >= 11 is 0. The van der Waals surface area contributed by atoms with Crippen LogP contribution < -0.4 is 5.32 Å². The van der Waals surface area contributed by atoms with Gasteiger partial charge in [-0.25, -0.2) is 0 Å². The molecule has 1 aliphatic carbocycles. The van der Waals surface area contributed by atoms with Crippen molar-refractivity contribution in [3.63, 3.8) is 0 Å². The van der Waals surface area contributed by atoms with Crippen molar-refractivity contribution in [2.24, 2.45) is 17.8 Å². The predicted molar refractivity (Wildman–Crippen MR) is 69.0 cm³/mol. The van der Waals surface area contributed by atoms with Crippen LogP contribution in [0.3, 0.4) is 0 Å². The maximum atomic E-state index is 12.4. The molecule has 0 aromatic carbocycles. The number of nitrogens with one attached hydrogen (secondary N) is 1. The molecule has 18 heavy (non-hydrogen) atoms. The Bertz CT molecular complexity index is 307. The minimum Gasteiger partial charge on any atom is -0.396 e. The number of aliphatic hydroxyl groups is 1. The summed E-state index contributed by atoms with van der Waals surface area (Å²) in [5.74, 6) is 0.540. The first-order valence-corrected chi connectivity index (χ1v) is 7.11. The third-order valence-corrected chi connectivity index (χ3v) is 4.77. The summed E-state index contributed by atoms with van der Waals surface area (Å²) in [6.07, 6.45) is 3.24. The highest BCUT2D eigenvalue weighted by Gasteiger charge is 2.42. The van der Waals surface area contributed by atoms with Crippen LogP contribution in [-0.4, -0.2) is 35.9 Å². The van der Waals surface area contributed by atoms with E-state index in [4.69, 9.17) is 4.74 Å². The molecular weight excluding hydrogens is 230 g/mol. The first-order valence-electron chi connectivity index (χ1n) is 7.11. The zero-order valence-corrected chi connectivity index (χ0v) is 11.6. The van der Waals surface area contributed by atoms with Crippen molar-refractivity contribution >= 4 is 5.91 Å². The van der Waals surface area contributed by atoms with Crippen LogP contribution in [0.5, 0.6) is 0 Å². The number of hydrogen-bond acceptors (Lipinski definition) is 3. The van der Waals surface area contributed by atoms with Crippen molar-refractivity contribution in [1.29, 1.82) is 0 Å². The third kappa shape index (κ3) is 2.54. The molecule has 0 bridgehead atoms. The number of carbonyl (C=O) groups is 1. The monoisotopic (exact) mass is 255 g/mol. The number of hydrogen-bond donors (Lipinski definition) is 2. The largest absolute Gasteiger partial charge is 0.396 e. The van der Waals surface area contributed by atoms with Crippen LogP contribution in [0.25, 0.3) is 0 Å². The van der Waals surface area contributed by atoms with E-state index in [-0.39, 0.29) is 48.5 Å². The van der Waals surface area contributed by atoms with Gasteiger partial charge in [0, 0.05) is 18.6 Å². The SMILES string of the molecule is CC1OC(C)C(C(=O)NC2CCCC2CO)C1C. The Balaban J connectivity index is 1.95. The lowest BCUT2D eigenvalue weighted by atomic mass is 9.88. The van der Waals surface area contributed by atoms with Crippen LogP contribution in [-0.2, 0) is 9.53 Å². The van der Waals surface area contributed by atoms with Crippen molar-refractivity contribution in [1.82, 2.24) is 5.32 Å². The van der Waals surface area contributed by atoms with E-state index in [0.29, 0.717) is 0 Å². The average Bonchev–Trinajstić information content (AvgIpc) is 2.85. The van der Waals surface area contributed by atoms with Crippen LogP contribution in [0.4, 0.5) is 0 Å². The van der Waals surface area contributed by atoms with Crippen molar-refractivity contribution in [3.8, 4) is 0 Å². The van der Waals surface area contributed by atoms with Gasteiger partial charge in [0.25, 0.3) is 0 Å². The summed E-state index contributed by atoms with van der Waals surface area (Å²) in [7, 11) is 0. The molecule has 1 heterocycles. The fourth-order valence-corrected chi connectivity index (χ4v) is 3.44. The minimum absolute atomic E-state index is 0.0102. The fourth-order valence-electron chi connectivity index (χ4n) is 3.44. The van der Waals surface area contributed by atoms with Crippen LogP contribution >= 0.6 is 0 Å². The molecule has 6 atom stereocenters. The first kappa shape index (κ1) is 13.8. The van der Waals surface area contributed by atoms with E-state index >= 15 is 0 Å². The number of amides is 1. The standard InChI is InChI=1S/C14H25NO3/c1-8-9(2)18-10(3)13(8)14(17)15-12-6-4-5-11(12)7-16/h8-13,16H,4-7H2,1-3H3,(H,15,17). The molecule has 2 fully saturated rings. The molecule has 0 aromatic heterocycles. The van der Waals surface area contributed by atoms with Crippen LogP contribution in [0.2, 0.25) is 0 Å². The van der Waals surface area contributed by atoms with Crippen LogP contribution in [0.15, 0.2) is 0 Å². The molecule has 0 spiro atoms. The van der Waals surface area contributed by atoms with Gasteiger partial charge < -0.3 is 15.2 Å². The second-order valence-electron chi connectivity index (χ2n) is 5.92. The first-order chi connectivity index (χ1) is 8.54. The van der Waals surface area contributed by atoms with Crippen LogP contribution in [0, 0.1) is 17.8 Å². The number of ether oxygens (including phenoxy) is 1. The van der Waals surface area contributed by atoms with E-state index in [9.17, 15) is 9.90 Å². The quantitative estimate of drug-likeness (QED) is 0.799. The molecule has 2 aliphatic rings. The lowest BCUT2D eigenvalue weighted by Crippen LogP contribution is -2.44. The molecule has 1 saturated carbocycles. The highest BCUT2D eigenvalue weighted by molar-refractivity contribution is 5.80. The Kier molecular flexibility index (Phi) is 4.28.